The lowest BCUT2D eigenvalue weighted by molar-refractivity contribution is 0.784. The molecule has 0 aliphatic heterocycles. The Morgan fingerprint density at radius 2 is 2.05 bits per heavy atom. The molecule has 20 heavy (non-hydrogen) atoms. The Morgan fingerprint density at radius 1 is 1.25 bits per heavy atom. The standard InChI is InChI=1S/C14H14ClN5/c1-9(8-10-2-5-16-6-3-10)18-13-11-4-7-17-12(11)19-14(15)20-13/h2-7,9H,8H2,1H3,(H2,17,18,19,20). The van der Waals surface area contributed by atoms with Crippen molar-refractivity contribution in [1.82, 2.24) is 19.9 Å². The third kappa shape index (κ3) is 2.72. The average Bonchev–Trinajstić information content (AvgIpc) is 2.88. The Bertz CT molecular complexity index is 710. The van der Waals surface area contributed by atoms with Crippen LogP contribution in [0.4, 0.5) is 5.82 Å². The van der Waals surface area contributed by atoms with Crippen LogP contribution in [0.2, 0.25) is 5.28 Å². The highest BCUT2D eigenvalue weighted by Gasteiger charge is 2.10. The SMILES string of the molecule is CC(Cc1ccncc1)Nc1nc(Cl)nc2[nH]ccc12. The highest BCUT2D eigenvalue weighted by atomic mass is 35.5. The number of hydrogen-bond donors (Lipinski definition) is 2. The molecule has 2 N–H and O–H groups in total. The number of aromatic nitrogens is 4. The summed E-state index contributed by atoms with van der Waals surface area (Å²) in [5.74, 6) is 0.753. The molecule has 0 aromatic carbocycles. The van der Waals surface area contributed by atoms with Gasteiger partial charge < -0.3 is 10.3 Å². The van der Waals surface area contributed by atoms with Crippen LogP contribution in [0.3, 0.4) is 0 Å². The summed E-state index contributed by atoms with van der Waals surface area (Å²) in [6, 6.07) is 6.18. The zero-order valence-electron chi connectivity index (χ0n) is 11.0. The second-order valence-electron chi connectivity index (χ2n) is 4.69. The molecular weight excluding hydrogens is 274 g/mol. The number of pyridine rings is 1. The number of anilines is 1. The second-order valence-corrected chi connectivity index (χ2v) is 5.02. The van der Waals surface area contributed by atoms with Gasteiger partial charge in [0.15, 0.2) is 0 Å². The van der Waals surface area contributed by atoms with Crippen molar-refractivity contribution in [3.8, 4) is 0 Å². The van der Waals surface area contributed by atoms with Gasteiger partial charge in [0, 0.05) is 24.6 Å². The number of aromatic amines is 1. The van der Waals surface area contributed by atoms with Gasteiger partial charge in [0.05, 0.1) is 5.39 Å². The van der Waals surface area contributed by atoms with Crippen molar-refractivity contribution in [2.75, 3.05) is 5.32 Å². The largest absolute Gasteiger partial charge is 0.367 e. The highest BCUT2D eigenvalue weighted by Crippen LogP contribution is 2.22. The van der Waals surface area contributed by atoms with Crippen LogP contribution in [0.25, 0.3) is 11.0 Å². The minimum absolute atomic E-state index is 0.224. The van der Waals surface area contributed by atoms with Crippen LogP contribution >= 0.6 is 11.6 Å². The molecule has 0 aliphatic rings. The topological polar surface area (TPSA) is 66.5 Å². The molecule has 1 unspecified atom stereocenters. The van der Waals surface area contributed by atoms with Gasteiger partial charge >= 0.3 is 0 Å². The van der Waals surface area contributed by atoms with E-state index >= 15 is 0 Å². The average molecular weight is 288 g/mol. The maximum atomic E-state index is 5.93. The van der Waals surface area contributed by atoms with E-state index in [-0.39, 0.29) is 11.3 Å². The van der Waals surface area contributed by atoms with Crippen molar-refractivity contribution >= 4 is 28.5 Å². The lowest BCUT2D eigenvalue weighted by Crippen LogP contribution is -2.19. The third-order valence-corrected chi connectivity index (χ3v) is 3.23. The molecule has 0 amide bonds. The lowest BCUT2D eigenvalue weighted by Gasteiger charge is -2.15. The van der Waals surface area contributed by atoms with Crippen LogP contribution < -0.4 is 5.32 Å². The van der Waals surface area contributed by atoms with E-state index in [1.807, 2.05) is 24.4 Å². The van der Waals surface area contributed by atoms with Gasteiger partial charge in [-0.3, -0.25) is 4.98 Å². The van der Waals surface area contributed by atoms with E-state index in [4.69, 9.17) is 11.6 Å². The Balaban J connectivity index is 1.80. The Labute approximate surface area is 121 Å². The highest BCUT2D eigenvalue weighted by molar-refractivity contribution is 6.28. The summed E-state index contributed by atoms with van der Waals surface area (Å²) < 4.78 is 0. The monoisotopic (exact) mass is 287 g/mol. The normalized spacial score (nSPS) is 12.5. The molecule has 6 heteroatoms. The Hall–Kier alpha value is -2.14. The predicted molar refractivity (Wildman–Crippen MR) is 79.9 cm³/mol. The summed E-state index contributed by atoms with van der Waals surface area (Å²) in [6.45, 7) is 2.11. The zero-order valence-corrected chi connectivity index (χ0v) is 11.7. The molecule has 5 nitrogen and oxygen atoms in total. The van der Waals surface area contributed by atoms with Crippen molar-refractivity contribution in [3.05, 3.63) is 47.6 Å². The molecular formula is C14H14ClN5. The molecule has 1 atom stereocenters. The first-order chi connectivity index (χ1) is 9.72. The van der Waals surface area contributed by atoms with Crippen molar-refractivity contribution in [1.29, 1.82) is 0 Å². The lowest BCUT2D eigenvalue weighted by atomic mass is 10.1. The molecule has 102 valence electrons. The van der Waals surface area contributed by atoms with E-state index in [0.29, 0.717) is 0 Å². The number of nitrogens with zero attached hydrogens (tertiary/aromatic N) is 3. The van der Waals surface area contributed by atoms with E-state index in [1.54, 1.807) is 12.4 Å². The molecule has 0 saturated heterocycles. The zero-order chi connectivity index (χ0) is 13.9. The van der Waals surface area contributed by atoms with Gasteiger partial charge in [-0.15, -0.1) is 0 Å². The predicted octanol–water partition coefficient (Wildman–Crippen LogP) is 3.05. The van der Waals surface area contributed by atoms with Gasteiger partial charge in [0.2, 0.25) is 5.28 Å². The minimum Gasteiger partial charge on any atom is -0.367 e. The van der Waals surface area contributed by atoms with Crippen LogP contribution in [0.15, 0.2) is 36.8 Å². The molecule has 3 heterocycles. The summed E-state index contributed by atoms with van der Waals surface area (Å²) in [7, 11) is 0. The molecule has 0 radical (unpaired) electrons. The minimum atomic E-state index is 0.224. The second kappa shape index (κ2) is 5.46. The first-order valence-corrected chi connectivity index (χ1v) is 6.76. The maximum Gasteiger partial charge on any atom is 0.226 e. The van der Waals surface area contributed by atoms with E-state index < -0.39 is 0 Å². The Kier molecular flexibility index (Phi) is 3.52. The molecule has 3 aromatic rings. The maximum absolute atomic E-state index is 5.93. The summed E-state index contributed by atoms with van der Waals surface area (Å²) >= 11 is 5.93. The molecule has 0 aliphatic carbocycles. The number of halogens is 1. The summed E-state index contributed by atoms with van der Waals surface area (Å²) in [6.07, 6.45) is 6.31. The van der Waals surface area contributed by atoms with Crippen molar-refractivity contribution in [2.24, 2.45) is 0 Å². The fourth-order valence-corrected chi connectivity index (χ4v) is 2.35. The molecule has 0 fully saturated rings. The van der Waals surface area contributed by atoms with E-state index in [9.17, 15) is 0 Å². The van der Waals surface area contributed by atoms with Crippen LogP contribution in [0.5, 0.6) is 0 Å². The number of nitrogens with one attached hydrogen (secondary N) is 2. The third-order valence-electron chi connectivity index (χ3n) is 3.06. The number of rotatable bonds is 4. The van der Waals surface area contributed by atoms with Crippen molar-refractivity contribution in [2.45, 2.75) is 19.4 Å². The number of H-pyrrole nitrogens is 1. The molecule has 3 rings (SSSR count). The van der Waals surface area contributed by atoms with E-state index in [0.717, 1.165) is 23.3 Å². The van der Waals surface area contributed by atoms with Crippen LogP contribution in [0, 0.1) is 0 Å². The molecule has 3 aromatic heterocycles. The first-order valence-electron chi connectivity index (χ1n) is 6.38. The summed E-state index contributed by atoms with van der Waals surface area (Å²) in [4.78, 5) is 15.5. The first kappa shape index (κ1) is 12.9. The van der Waals surface area contributed by atoms with Crippen LogP contribution in [0.1, 0.15) is 12.5 Å². The summed E-state index contributed by atoms with van der Waals surface area (Å²) in [5.41, 5.74) is 1.97. The Morgan fingerprint density at radius 3 is 2.85 bits per heavy atom. The van der Waals surface area contributed by atoms with Gasteiger partial charge in [-0.1, -0.05) is 0 Å². The number of hydrogen-bond acceptors (Lipinski definition) is 4. The van der Waals surface area contributed by atoms with Crippen molar-refractivity contribution < 1.29 is 0 Å². The van der Waals surface area contributed by atoms with Crippen LogP contribution in [-0.2, 0) is 6.42 Å². The quantitative estimate of drug-likeness (QED) is 0.724. The summed E-state index contributed by atoms with van der Waals surface area (Å²) in [5, 5.41) is 4.56. The fourth-order valence-electron chi connectivity index (χ4n) is 2.18. The van der Waals surface area contributed by atoms with Gasteiger partial charge in [-0.05, 0) is 48.7 Å². The molecule has 0 bridgehead atoms. The van der Waals surface area contributed by atoms with E-state index in [1.165, 1.54) is 5.56 Å². The van der Waals surface area contributed by atoms with Gasteiger partial charge in [-0.2, -0.15) is 4.98 Å². The van der Waals surface area contributed by atoms with Crippen LogP contribution in [-0.4, -0.2) is 26.0 Å². The van der Waals surface area contributed by atoms with E-state index in [2.05, 4.69) is 32.2 Å². The van der Waals surface area contributed by atoms with Crippen molar-refractivity contribution in [3.63, 3.8) is 0 Å². The van der Waals surface area contributed by atoms with Gasteiger partial charge in [0.25, 0.3) is 0 Å². The van der Waals surface area contributed by atoms with Gasteiger partial charge in [0.1, 0.15) is 11.5 Å². The van der Waals surface area contributed by atoms with Gasteiger partial charge in [-0.25, -0.2) is 4.98 Å². The number of fused-ring (bicyclic) bond motifs is 1. The fraction of sp³-hybridized carbons (Fsp3) is 0.214. The molecule has 0 spiro atoms. The molecule has 0 saturated carbocycles. The smallest absolute Gasteiger partial charge is 0.226 e.